The van der Waals surface area contributed by atoms with Gasteiger partial charge in [0.1, 0.15) is 5.72 Å². The van der Waals surface area contributed by atoms with Crippen LogP contribution in [0.2, 0.25) is 0 Å². The van der Waals surface area contributed by atoms with E-state index in [-0.39, 0.29) is 6.61 Å². The first-order valence-corrected chi connectivity index (χ1v) is 7.12. The summed E-state index contributed by atoms with van der Waals surface area (Å²) in [6.07, 6.45) is -5.57. The van der Waals surface area contributed by atoms with E-state index in [2.05, 4.69) is 5.32 Å². The van der Waals surface area contributed by atoms with E-state index in [4.69, 9.17) is 4.74 Å². The SMILES string of the molecule is CC(NCC(F)(F)F)C1(C(C)(C)C)COC(C)(C)N1C(=O)O. The van der Waals surface area contributed by atoms with Gasteiger partial charge in [-0.25, -0.2) is 4.79 Å². The van der Waals surface area contributed by atoms with E-state index in [1.165, 1.54) is 0 Å². The lowest BCUT2D eigenvalue weighted by molar-refractivity contribution is -0.130. The molecule has 1 aliphatic rings. The molecule has 1 aliphatic heterocycles. The van der Waals surface area contributed by atoms with Crippen molar-refractivity contribution in [3.8, 4) is 0 Å². The molecule has 0 aromatic rings. The fourth-order valence-electron chi connectivity index (χ4n) is 3.25. The highest BCUT2D eigenvalue weighted by atomic mass is 19.4. The maximum Gasteiger partial charge on any atom is 0.410 e. The summed E-state index contributed by atoms with van der Waals surface area (Å²) in [4.78, 5) is 12.9. The first-order chi connectivity index (χ1) is 9.65. The zero-order valence-electron chi connectivity index (χ0n) is 13.8. The molecular formula is C14H25F3N2O3. The number of hydrogen-bond donors (Lipinski definition) is 2. The van der Waals surface area contributed by atoms with Crippen LogP contribution in [0.15, 0.2) is 0 Å². The van der Waals surface area contributed by atoms with Crippen molar-refractivity contribution in [2.24, 2.45) is 5.41 Å². The first kappa shape index (κ1) is 19.0. The largest absolute Gasteiger partial charge is 0.465 e. The van der Waals surface area contributed by atoms with E-state index in [0.717, 1.165) is 4.90 Å². The van der Waals surface area contributed by atoms with Crippen LogP contribution in [0.4, 0.5) is 18.0 Å². The molecule has 2 N–H and O–H groups in total. The van der Waals surface area contributed by atoms with Gasteiger partial charge in [0.2, 0.25) is 0 Å². The topological polar surface area (TPSA) is 61.8 Å². The molecule has 0 spiro atoms. The minimum absolute atomic E-state index is 0.0296. The number of carbonyl (C=O) groups is 1. The third kappa shape index (κ3) is 3.32. The van der Waals surface area contributed by atoms with Crippen molar-refractivity contribution in [3.05, 3.63) is 0 Å². The fourth-order valence-corrected chi connectivity index (χ4v) is 3.25. The summed E-state index contributed by atoms with van der Waals surface area (Å²) in [5.41, 5.74) is -2.85. The smallest absolute Gasteiger partial charge is 0.410 e. The van der Waals surface area contributed by atoms with Gasteiger partial charge in [-0.1, -0.05) is 20.8 Å². The highest BCUT2D eigenvalue weighted by molar-refractivity contribution is 5.68. The van der Waals surface area contributed by atoms with E-state index >= 15 is 0 Å². The van der Waals surface area contributed by atoms with Gasteiger partial charge >= 0.3 is 12.3 Å². The molecular weight excluding hydrogens is 301 g/mol. The van der Waals surface area contributed by atoms with Crippen LogP contribution in [0.3, 0.4) is 0 Å². The van der Waals surface area contributed by atoms with Gasteiger partial charge in [-0.3, -0.25) is 4.90 Å². The number of carboxylic acid groups (broad SMARTS) is 1. The standard InChI is InChI=1S/C14H25F3N2O3/c1-9(18-7-14(15,16)17)13(11(2,3)4)8-22-12(5,6)19(13)10(20)21/h9,18H,7-8H2,1-6H3,(H,20,21). The maximum atomic E-state index is 12.5. The molecule has 130 valence electrons. The van der Waals surface area contributed by atoms with Gasteiger partial charge < -0.3 is 15.2 Å². The number of alkyl halides is 3. The molecule has 1 amide bonds. The van der Waals surface area contributed by atoms with Gasteiger partial charge in [-0.2, -0.15) is 13.2 Å². The average Bonchev–Trinajstić information content (AvgIpc) is 2.57. The van der Waals surface area contributed by atoms with E-state index < -0.39 is 41.5 Å². The molecule has 1 fully saturated rings. The summed E-state index contributed by atoms with van der Waals surface area (Å²) in [5.74, 6) is 0. The van der Waals surface area contributed by atoms with Crippen LogP contribution in [0.25, 0.3) is 0 Å². The van der Waals surface area contributed by atoms with E-state index in [9.17, 15) is 23.1 Å². The van der Waals surface area contributed by atoms with E-state index in [1.54, 1.807) is 41.5 Å². The van der Waals surface area contributed by atoms with Gasteiger partial charge in [0.25, 0.3) is 0 Å². The second-order valence-corrected chi connectivity index (χ2v) is 7.25. The first-order valence-electron chi connectivity index (χ1n) is 7.12. The highest BCUT2D eigenvalue weighted by Crippen LogP contribution is 2.47. The molecule has 0 radical (unpaired) electrons. The predicted octanol–water partition coefficient (Wildman–Crippen LogP) is 3.06. The summed E-state index contributed by atoms with van der Waals surface area (Å²) in [6.45, 7) is 9.04. The van der Waals surface area contributed by atoms with E-state index in [0.29, 0.717) is 0 Å². The Morgan fingerprint density at radius 2 is 1.86 bits per heavy atom. The molecule has 5 nitrogen and oxygen atoms in total. The van der Waals surface area contributed by atoms with Crippen LogP contribution in [0, 0.1) is 5.41 Å². The summed E-state index contributed by atoms with van der Waals surface area (Å²) in [5, 5.41) is 12.0. The number of hydrogen-bond acceptors (Lipinski definition) is 3. The monoisotopic (exact) mass is 326 g/mol. The minimum atomic E-state index is -4.36. The van der Waals surface area contributed by atoms with Gasteiger partial charge in [0.15, 0.2) is 0 Å². The zero-order chi connectivity index (χ0) is 17.6. The van der Waals surface area contributed by atoms with Gasteiger partial charge in [0.05, 0.1) is 18.7 Å². The Balaban J connectivity index is 3.25. The van der Waals surface area contributed by atoms with Crippen molar-refractivity contribution in [2.75, 3.05) is 13.2 Å². The number of nitrogens with zero attached hydrogens (tertiary/aromatic N) is 1. The summed E-state index contributed by atoms with van der Waals surface area (Å²) in [7, 11) is 0. The highest BCUT2D eigenvalue weighted by Gasteiger charge is 2.62. The van der Waals surface area contributed by atoms with Gasteiger partial charge in [0, 0.05) is 6.04 Å². The quantitative estimate of drug-likeness (QED) is 0.837. The second-order valence-electron chi connectivity index (χ2n) is 7.25. The molecule has 0 bridgehead atoms. The predicted molar refractivity (Wildman–Crippen MR) is 75.6 cm³/mol. The van der Waals surface area contributed by atoms with Crippen LogP contribution in [-0.4, -0.2) is 52.7 Å². The van der Waals surface area contributed by atoms with Crippen LogP contribution >= 0.6 is 0 Å². The number of ether oxygens (including phenoxy) is 1. The molecule has 8 heteroatoms. The van der Waals surface area contributed by atoms with Crippen LogP contribution in [0.1, 0.15) is 41.5 Å². The second kappa shape index (κ2) is 5.56. The summed E-state index contributed by atoms with van der Waals surface area (Å²) in [6, 6.07) is -0.744. The van der Waals surface area contributed by atoms with Gasteiger partial charge in [-0.15, -0.1) is 0 Å². The Bertz CT molecular complexity index is 432. The Morgan fingerprint density at radius 1 is 1.36 bits per heavy atom. The molecule has 1 rings (SSSR count). The zero-order valence-corrected chi connectivity index (χ0v) is 13.8. The molecule has 0 saturated carbocycles. The number of rotatable bonds is 3. The van der Waals surface area contributed by atoms with Crippen molar-refractivity contribution in [2.45, 2.75) is 65.0 Å². The molecule has 0 aromatic heterocycles. The molecule has 1 heterocycles. The van der Waals surface area contributed by atoms with Crippen molar-refractivity contribution in [3.63, 3.8) is 0 Å². The Labute approximate surface area is 128 Å². The number of amides is 1. The third-order valence-electron chi connectivity index (χ3n) is 4.40. The van der Waals surface area contributed by atoms with Crippen LogP contribution < -0.4 is 5.32 Å². The molecule has 1 saturated heterocycles. The fraction of sp³-hybridized carbons (Fsp3) is 0.929. The Hall–Kier alpha value is -1.02. The summed E-state index contributed by atoms with van der Waals surface area (Å²) < 4.78 is 43.2. The maximum absolute atomic E-state index is 12.5. The summed E-state index contributed by atoms with van der Waals surface area (Å²) >= 11 is 0. The van der Waals surface area contributed by atoms with E-state index in [1.807, 2.05) is 0 Å². The lowest BCUT2D eigenvalue weighted by atomic mass is 9.68. The van der Waals surface area contributed by atoms with Crippen molar-refractivity contribution in [1.29, 1.82) is 0 Å². The number of halogens is 3. The molecule has 2 atom stereocenters. The van der Waals surface area contributed by atoms with Crippen molar-refractivity contribution in [1.82, 2.24) is 10.2 Å². The molecule has 2 unspecified atom stereocenters. The van der Waals surface area contributed by atoms with Gasteiger partial charge in [-0.05, 0) is 26.2 Å². The van der Waals surface area contributed by atoms with Crippen LogP contribution in [0.5, 0.6) is 0 Å². The van der Waals surface area contributed by atoms with Crippen molar-refractivity contribution < 1.29 is 27.8 Å². The number of nitrogens with one attached hydrogen (secondary N) is 1. The molecule has 0 aromatic carbocycles. The minimum Gasteiger partial charge on any atom is -0.465 e. The van der Waals surface area contributed by atoms with Crippen molar-refractivity contribution >= 4 is 6.09 Å². The lowest BCUT2D eigenvalue weighted by Crippen LogP contribution is -2.69. The Morgan fingerprint density at radius 3 is 2.23 bits per heavy atom. The third-order valence-corrected chi connectivity index (χ3v) is 4.40. The lowest BCUT2D eigenvalue weighted by Gasteiger charge is -2.51. The average molecular weight is 326 g/mol. The molecule has 22 heavy (non-hydrogen) atoms. The molecule has 0 aliphatic carbocycles. The Kier molecular flexibility index (Phi) is 4.81. The normalized spacial score (nSPS) is 27.0. The van der Waals surface area contributed by atoms with Crippen LogP contribution in [-0.2, 0) is 4.74 Å².